The molecular formula is C20H24O6. The largest absolute Gasteiger partial charge is 0.469 e. The third-order valence-electron chi connectivity index (χ3n) is 8.31. The number of hydrogen-bond acceptors (Lipinski definition) is 6. The van der Waals surface area contributed by atoms with E-state index >= 15 is 0 Å². The SMILES string of the molecule is C=C1C[C@]23C[C@@]1(O)CC[C@H]2[C@@]12C=C[C@H](O)[C@@](C)(C(=O)O1)[C@H]2[C@@H]3C(=O)OC. The quantitative estimate of drug-likeness (QED) is 0.538. The average Bonchev–Trinajstić information content (AvgIpc) is 3.02. The molecule has 4 aliphatic carbocycles. The van der Waals surface area contributed by atoms with Crippen LogP contribution in [-0.4, -0.2) is 46.6 Å². The summed E-state index contributed by atoms with van der Waals surface area (Å²) in [5, 5.41) is 21.7. The summed E-state index contributed by atoms with van der Waals surface area (Å²) >= 11 is 0. The molecule has 26 heavy (non-hydrogen) atoms. The lowest BCUT2D eigenvalue weighted by Crippen LogP contribution is -2.50. The Morgan fingerprint density at radius 2 is 2.19 bits per heavy atom. The number of fused-ring (bicyclic) bond motifs is 1. The van der Waals surface area contributed by atoms with Gasteiger partial charge in [-0.15, -0.1) is 0 Å². The molecule has 1 aliphatic heterocycles. The van der Waals surface area contributed by atoms with E-state index in [2.05, 4.69) is 6.58 Å². The van der Waals surface area contributed by atoms with Crippen LogP contribution >= 0.6 is 0 Å². The molecule has 3 saturated carbocycles. The Balaban J connectivity index is 1.78. The van der Waals surface area contributed by atoms with Gasteiger partial charge in [0.05, 0.1) is 24.7 Å². The standard InChI is InChI=1S/C20H24O6/c1-10-8-18-9-19(10,24)6-4-11(18)20-7-5-12(21)17(2,16(23)26-20)14(20)13(18)15(22)25-3/h5,7,11-14,21,24H,1,4,6,8-9H2,2-3H3/t11-,12+,13-,14-,17-,18+,19+,20-/m1/s1. The first kappa shape index (κ1) is 16.5. The van der Waals surface area contributed by atoms with E-state index in [4.69, 9.17) is 9.47 Å². The molecule has 0 amide bonds. The molecular weight excluding hydrogens is 336 g/mol. The van der Waals surface area contributed by atoms with E-state index in [9.17, 15) is 19.8 Å². The van der Waals surface area contributed by atoms with Gasteiger partial charge >= 0.3 is 11.9 Å². The van der Waals surface area contributed by atoms with Gasteiger partial charge in [0.25, 0.3) is 0 Å². The van der Waals surface area contributed by atoms with E-state index < -0.39 is 51.9 Å². The molecule has 0 aromatic heterocycles. The van der Waals surface area contributed by atoms with Gasteiger partial charge < -0.3 is 19.7 Å². The van der Waals surface area contributed by atoms with Crippen molar-refractivity contribution in [1.29, 1.82) is 0 Å². The van der Waals surface area contributed by atoms with Crippen molar-refractivity contribution in [3.8, 4) is 0 Å². The number of ether oxygens (including phenoxy) is 2. The Kier molecular flexibility index (Phi) is 2.81. The van der Waals surface area contributed by atoms with Crippen LogP contribution < -0.4 is 0 Å². The number of aliphatic hydroxyl groups is 2. The van der Waals surface area contributed by atoms with E-state index in [0.29, 0.717) is 25.7 Å². The Hall–Kier alpha value is -1.66. The molecule has 0 radical (unpaired) electrons. The summed E-state index contributed by atoms with van der Waals surface area (Å²) in [5.41, 5.74) is -2.89. The van der Waals surface area contributed by atoms with Gasteiger partial charge in [0, 0.05) is 11.8 Å². The van der Waals surface area contributed by atoms with Crippen molar-refractivity contribution in [3.63, 3.8) is 0 Å². The maximum Gasteiger partial charge on any atom is 0.316 e. The van der Waals surface area contributed by atoms with Crippen molar-refractivity contribution in [2.75, 3.05) is 7.11 Å². The third kappa shape index (κ3) is 1.43. The zero-order chi connectivity index (χ0) is 18.7. The lowest BCUT2D eigenvalue weighted by atomic mass is 9.61. The number of aliphatic hydroxyl groups excluding tert-OH is 1. The van der Waals surface area contributed by atoms with Crippen molar-refractivity contribution in [2.24, 2.45) is 28.6 Å². The van der Waals surface area contributed by atoms with Crippen LogP contribution in [0.15, 0.2) is 24.3 Å². The van der Waals surface area contributed by atoms with E-state index in [1.807, 2.05) is 0 Å². The van der Waals surface area contributed by atoms with Gasteiger partial charge in [0.15, 0.2) is 0 Å². The number of carbonyl (C=O) groups is 2. The highest BCUT2D eigenvalue weighted by Crippen LogP contribution is 2.77. The fraction of sp³-hybridized carbons (Fsp3) is 0.700. The Labute approximate surface area is 151 Å². The molecule has 0 aromatic carbocycles. The highest BCUT2D eigenvalue weighted by atomic mass is 16.6. The van der Waals surface area contributed by atoms with E-state index in [-0.39, 0.29) is 5.92 Å². The van der Waals surface area contributed by atoms with Crippen LogP contribution in [0, 0.1) is 28.6 Å². The highest BCUT2D eigenvalue weighted by Gasteiger charge is 2.83. The zero-order valence-corrected chi connectivity index (χ0v) is 15.0. The van der Waals surface area contributed by atoms with Crippen molar-refractivity contribution >= 4 is 11.9 Å². The van der Waals surface area contributed by atoms with E-state index in [1.165, 1.54) is 7.11 Å². The molecule has 6 heteroatoms. The number of esters is 2. The summed E-state index contributed by atoms with van der Waals surface area (Å²) in [5.74, 6) is -2.08. The van der Waals surface area contributed by atoms with Crippen LogP contribution in [0.4, 0.5) is 0 Å². The Morgan fingerprint density at radius 1 is 1.46 bits per heavy atom. The molecule has 4 fully saturated rings. The molecule has 5 rings (SSSR count). The highest BCUT2D eigenvalue weighted by molar-refractivity contribution is 5.87. The van der Waals surface area contributed by atoms with Gasteiger partial charge in [-0.05, 0) is 49.7 Å². The molecule has 0 unspecified atom stereocenters. The van der Waals surface area contributed by atoms with Gasteiger partial charge in [-0.1, -0.05) is 12.7 Å². The first-order chi connectivity index (χ1) is 12.2. The Bertz CT molecular complexity index is 787. The van der Waals surface area contributed by atoms with Gasteiger partial charge in [-0.3, -0.25) is 9.59 Å². The minimum absolute atomic E-state index is 0.0989. The average molecular weight is 360 g/mol. The predicted octanol–water partition coefficient (Wildman–Crippen LogP) is 1.12. The van der Waals surface area contributed by atoms with Gasteiger partial charge in [-0.2, -0.15) is 0 Å². The third-order valence-corrected chi connectivity index (χ3v) is 8.31. The first-order valence-electron chi connectivity index (χ1n) is 9.25. The molecule has 4 bridgehead atoms. The smallest absolute Gasteiger partial charge is 0.316 e. The number of hydrogen-bond donors (Lipinski definition) is 2. The summed E-state index contributed by atoms with van der Waals surface area (Å²) in [6.07, 6.45) is 4.56. The fourth-order valence-electron chi connectivity index (χ4n) is 7.24. The van der Waals surface area contributed by atoms with Crippen LogP contribution in [-0.2, 0) is 19.1 Å². The monoisotopic (exact) mass is 360 g/mol. The summed E-state index contributed by atoms with van der Waals surface area (Å²) in [7, 11) is 1.35. The lowest BCUT2D eigenvalue weighted by molar-refractivity contribution is -0.164. The zero-order valence-electron chi connectivity index (χ0n) is 15.0. The van der Waals surface area contributed by atoms with Crippen molar-refractivity contribution in [1.82, 2.24) is 0 Å². The minimum Gasteiger partial charge on any atom is -0.469 e. The molecule has 5 aliphatic rings. The normalized spacial score (nSPS) is 56.2. The number of carbonyl (C=O) groups excluding carboxylic acids is 2. The molecule has 2 N–H and O–H groups in total. The summed E-state index contributed by atoms with van der Waals surface area (Å²) in [4.78, 5) is 25.8. The van der Waals surface area contributed by atoms with Crippen LogP contribution in [0.3, 0.4) is 0 Å². The second kappa shape index (κ2) is 4.42. The fourth-order valence-corrected chi connectivity index (χ4v) is 7.24. The summed E-state index contributed by atoms with van der Waals surface area (Å²) < 4.78 is 11.1. The van der Waals surface area contributed by atoms with E-state index in [1.54, 1.807) is 19.1 Å². The van der Waals surface area contributed by atoms with Crippen molar-refractivity contribution < 1.29 is 29.3 Å². The molecule has 0 aromatic rings. The van der Waals surface area contributed by atoms with Crippen LogP contribution in [0.1, 0.15) is 32.6 Å². The Morgan fingerprint density at radius 3 is 2.88 bits per heavy atom. The molecule has 1 saturated heterocycles. The number of rotatable bonds is 1. The molecule has 1 spiro atoms. The van der Waals surface area contributed by atoms with Gasteiger partial charge in [0.1, 0.15) is 11.0 Å². The molecule has 6 nitrogen and oxygen atoms in total. The van der Waals surface area contributed by atoms with Crippen LogP contribution in [0.25, 0.3) is 0 Å². The molecule has 8 atom stereocenters. The van der Waals surface area contributed by atoms with Crippen LogP contribution in [0.2, 0.25) is 0 Å². The first-order valence-corrected chi connectivity index (χ1v) is 9.25. The maximum atomic E-state index is 13.0. The molecule has 1 heterocycles. The van der Waals surface area contributed by atoms with E-state index in [0.717, 1.165) is 5.57 Å². The topological polar surface area (TPSA) is 93.1 Å². The van der Waals surface area contributed by atoms with Gasteiger partial charge in [-0.25, -0.2) is 0 Å². The maximum absolute atomic E-state index is 13.0. The van der Waals surface area contributed by atoms with Crippen molar-refractivity contribution in [3.05, 3.63) is 24.3 Å². The predicted molar refractivity (Wildman–Crippen MR) is 89.6 cm³/mol. The molecule has 140 valence electrons. The second-order valence-corrected chi connectivity index (χ2v) is 9.12. The number of methoxy groups -OCH3 is 1. The lowest BCUT2D eigenvalue weighted by Gasteiger charge is -2.44. The van der Waals surface area contributed by atoms with Gasteiger partial charge in [0.2, 0.25) is 0 Å². The summed E-state index contributed by atoms with van der Waals surface area (Å²) in [6.45, 7) is 5.78. The summed E-state index contributed by atoms with van der Waals surface area (Å²) in [6, 6.07) is 0. The van der Waals surface area contributed by atoms with Crippen LogP contribution in [0.5, 0.6) is 0 Å². The van der Waals surface area contributed by atoms with Crippen molar-refractivity contribution in [2.45, 2.75) is 49.9 Å². The minimum atomic E-state index is -1.19. The second-order valence-electron chi connectivity index (χ2n) is 9.12.